The average Bonchev–Trinajstić information content (AvgIpc) is 2.43. The minimum absolute atomic E-state index is 0.285. The lowest BCUT2D eigenvalue weighted by molar-refractivity contribution is 0.628. The summed E-state index contributed by atoms with van der Waals surface area (Å²) in [7, 11) is 0. The van der Waals surface area contributed by atoms with E-state index < -0.39 is 0 Å². The third kappa shape index (κ3) is 3.15. The first-order valence-electron chi connectivity index (χ1n) is 6.18. The number of anilines is 3. The van der Waals surface area contributed by atoms with E-state index in [0.29, 0.717) is 17.3 Å². The first-order valence-corrected chi connectivity index (χ1v) is 6.56. The average molecular weight is 296 g/mol. The Hall–Kier alpha value is -1.92. The maximum absolute atomic E-state index is 13.0. The van der Waals surface area contributed by atoms with Gasteiger partial charge in [-0.3, -0.25) is 0 Å². The normalized spacial score (nSPS) is 10.4. The van der Waals surface area contributed by atoms with E-state index in [0.717, 1.165) is 18.4 Å². The van der Waals surface area contributed by atoms with Crippen LogP contribution in [-0.4, -0.2) is 9.97 Å². The zero-order valence-corrected chi connectivity index (χ0v) is 11.7. The summed E-state index contributed by atoms with van der Waals surface area (Å²) in [6.45, 7) is 2.04. The van der Waals surface area contributed by atoms with E-state index in [4.69, 9.17) is 17.4 Å². The molecule has 106 valence electrons. The van der Waals surface area contributed by atoms with Gasteiger partial charge in [0.1, 0.15) is 23.8 Å². The summed E-state index contributed by atoms with van der Waals surface area (Å²) in [5.74, 6) is 6.22. The molecule has 20 heavy (non-hydrogen) atoms. The molecular weight excluding hydrogens is 281 g/mol. The number of nitrogens with two attached hydrogens (primary N) is 1. The van der Waals surface area contributed by atoms with Gasteiger partial charge < -0.3 is 10.7 Å². The van der Waals surface area contributed by atoms with Gasteiger partial charge in [0, 0.05) is 5.56 Å². The molecule has 7 heteroatoms. The van der Waals surface area contributed by atoms with Crippen LogP contribution < -0.4 is 16.6 Å². The van der Waals surface area contributed by atoms with Gasteiger partial charge in [-0.05, 0) is 24.6 Å². The molecule has 0 saturated heterocycles. The van der Waals surface area contributed by atoms with Crippen LogP contribution in [0, 0.1) is 5.82 Å². The highest BCUT2D eigenvalue weighted by molar-refractivity contribution is 6.33. The summed E-state index contributed by atoms with van der Waals surface area (Å²) >= 11 is 6.00. The minimum Gasteiger partial charge on any atom is -0.339 e. The van der Waals surface area contributed by atoms with E-state index >= 15 is 0 Å². The number of aromatic nitrogens is 2. The largest absolute Gasteiger partial charge is 0.339 e. The third-order valence-electron chi connectivity index (χ3n) is 2.77. The van der Waals surface area contributed by atoms with Crippen molar-refractivity contribution in [1.82, 2.24) is 9.97 Å². The molecule has 2 rings (SSSR count). The fourth-order valence-electron chi connectivity index (χ4n) is 1.85. The molecule has 1 aromatic carbocycles. The monoisotopic (exact) mass is 295 g/mol. The van der Waals surface area contributed by atoms with Gasteiger partial charge >= 0.3 is 0 Å². The lowest BCUT2D eigenvalue weighted by Gasteiger charge is -2.14. The Morgan fingerprint density at radius 2 is 2.05 bits per heavy atom. The van der Waals surface area contributed by atoms with E-state index in [-0.39, 0.29) is 10.8 Å². The Bertz CT molecular complexity index is 605. The highest BCUT2D eigenvalue weighted by atomic mass is 35.5. The molecular formula is C13H15ClFN5. The number of rotatable bonds is 5. The van der Waals surface area contributed by atoms with Crippen molar-refractivity contribution in [1.29, 1.82) is 0 Å². The summed E-state index contributed by atoms with van der Waals surface area (Å²) in [4.78, 5) is 8.27. The molecule has 0 radical (unpaired) electrons. The van der Waals surface area contributed by atoms with Crippen LogP contribution in [0.3, 0.4) is 0 Å². The molecule has 1 heterocycles. The molecule has 0 aliphatic heterocycles. The Labute approximate surface area is 121 Å². The smallest absolute Gasteiger partial charge is 0.148 e. The lowest BCUT2D eigenvalue weighted by Crippen LogP contribution is -2.13. The summed E-state index contributed by atoms with van der Waals surface area (Å²) in [5, 5.41) is 3.37. The van der Waals surface area contributed by atoms with Crippen LogP contribution in [0.2, 0.25) is 5.02 Å². The van der Waals surface area contributed by atoms with Gasteiger partial charge in [0.05, 0.1) is 10.7 Å². The molecule has 2 aromatic rings. The maximum Gasteiger partial charge on any atom is 0.148 e. The molecule has 0 saturated carbocycles. The second-order valence-corrected chi connectivity index (χ2v) is 4.60. The molecule has 5 nitrogen and oxygen atoms in total. The maximum atomic E-state index is 13.0. The number of hydrogen-bond donors (Lipinski definition) is 3. The molecule has 0 bridgehead atoms. The van der Waals surface area contributed by atoms with Crippen molar-refractivity contribution in [3.05, 3.63) is 40.9 Å². The van der Waals surface area contributed by atoms with Gasteiger partial charge in [-0.2, -0.15) is 0 Å². The van der Waals surface area contributed by atoms with Crippen molar-refractivity contribution in [2.75, 3.05) is 10.7 Å². The van der Waals surface area contributed by atoms with Crippen LogP contribution in [0.25, 0.3) is 0 Å². The zero-order chi connectivity index (χ0) is 14.5. The van der Waals surface area contributed by atoms with Crippen LogP contribution >= 0.6 is 11.6 Å². The van der Waals surface area contributed by atoms with Gasteiger partial charge in [-0.25, -0.2) is 20.2 Å². The van der Waals surface area contributed by atoms with Crippen molar-refractivity contribution in [2.24, 2.45) is 5.84 Å². The van der Waals surface area contributed by atoms with Crippen LogP contribution in [0.5, 0.6) is 0 Å². The van der Waals surface area contributed by atoms with Crippen molar-refractivity contribution >= 4 is 28.9 Å². The highest BCUT2D eigenvalue weighted by Gasteiger charge is 2.11. The van der Waals surface area contributed by atoms with Crippen LogP contribution in [0.15, 0.2) is 24.5 Å². The standard InChI is InChI=1S/C13H15ClFN5/c1-2-3-9-12(17-7-18-13(9)20-16)19-11-5-4-8(15)6-10(11)14/h4-7H,2-3,16H2,1H3,(H2,17,18,19,20). The molecule has 0 aliphatic rings. The second-order valence-electron chi connectivity index (χ2n) is 4.19. The number of benzene rings is 1. The molecule has 0 unspecified atom stereocenters. The Kier molecular flexibility index (Phi) is 4.70. The molecule has 0 aliphatic carbocycles. The molecule has 0 fully saturated rings. The number of nitrogen functional groups attached to an aromatic ring is 1. The van der Waals surface area contributed by atoms with E-state index in [1.807, 2.05) is 6.92 Å². The van der Waals surface area contributed by atoms with Crippen molar-refractivity contribution in [2.45, 2.75) is 19.8 Å². The van der Waals surface area contributed by atoms with E-state index in [2.05, 4.69) is 20.7 Å². The van der Waals surface area contributed by atoms with Crippen LogP contribution in [0.1, 0.15) is 18.9 Å². The summed E-state index contributed by atoms with van der Waals surface area (Å²) < 4.78 is 13.0. The summed E-state index contributed by atoms with van der Waals surface area (Å²) in [6, 6.07) is 4.13. The quantitative estimate of drug-likeness (QED) is 0.583. The topological polar surface area (TPSA) is 75.9 Å². The van der Waals surface area contributed by atoms with Crippen molar-refractivity contribution < 1.29 is 4.39 Å². The Balaban J connectivity index is 2.37. The van der Waals surface area contributed by atoms with Gasteiger partial charge in [0.2, 0.25) is 0 Å². The van der Waals surface area contributed by atoms with Gasteiger partial charge in [0.25, 0.3) is 0 Å². The van der Waals surface area contributed by atoms with E-state index in [1.165, 1.54) is 18.5 Å². The third-order valence-corrected chi connectivity index (χ3v) is 3.08. The number of nitrogens with one attached hydrogen (secondary N) is 2. The molecule has 1 aromatic heterocycles. The minimum atomic E-state index is -0.388. The fraction of sp³-hybridized carbons (Fsp3) is 0.231. The number of nitrogens with zero attached hydrogens (tertiary/aromatic N) is 2. The van der Waals surface area contributed by atoms with Crippen LogP contribution in [-0.2, 0) is 6.42 Å². The molecule has 0 amide bonds. The fourth-order valence-corrected chi connectivity index (χ4v) is 2.06. The van der Waals surface area contributed by atoms with Crippen molar-refractivity contribution in [3.63, 3.8) is 0 Å². The first-order chi connectivity index (χ1) is 9.65. The number of hydrazine groups is 1. The van der Waals surface area contributed by atoms with Crippen molar-refractivity contribution in [3.8, 4) is 0 Å². The van der Waals surface area contributed by atoms with E-state index in [1.54, 1.807) is 6.07 Å². The van der Waals surface area contributed by atoms with Gasteiger partial charge in [-0.1, -0.05) is 24.9 Å². The SMILES string of the molecule is CCCc1c(NN)ncnc1Nc1ccc(F)cc1Cl. The van der Waals surface area contributed by atoms with Crippen LogP contribution in [0.4, 0.5) is 21.7 Å². The highest BCUT2D eigenvalue weighted by Crippen LogP contribution is 2.29. The van der Waals surface area contributed by atoms with Gasteiger partial charge in [-0.15, -0.1) is 0 Å². The van der Waals surface area contributed by atoms with Gasteiger partial charge in [0.15, 0.2) is 0 Å². The number of hydrogen-bond acceptors (Lipinski definition) is 5. The lowest BCUT2D eigenvalue weighted by atomic mass is 10.1. The first kappa shape index (κ1) is 14.5. The number of halogens is 2. The molecule has 0 spiro atoms. The summed E-state index contributed by atoms with van der Waals surface area (Å²) in [6.07, 6.45) is 3.06. The second kappa shape index (κ2) is 6.49. The molecule has 4 N–H and O–H groups in total. The Morgan fingerprint density at radius 1 is 1.30 bits per heavy atom. The Morgan fingerprint density at radius 3 is 2.70 bits per heavy atom. The zero-order valence-electron chi connectivity index (χ0n) is 11.0. The summed E-state index contributed by atoms with van der Waals surface area (Å²) in [5.41, 5.74) is 3.98. The predicted octanol–water partition coefficient (Wildman–Crippen LogP) is 3.25. The predicted molar refractivity (Wildman–Crippen MR) is 78.5 cm³/mol. The molecule has 0 atom stereocenters. The van der Waals surface area contributed by atoms with E-state index in [9.17, 15) is 4.39 Å².